The molecule has 0 bridgehead atoms. The lowest BCUT2D eigenvalue weighted by molar-refractivity contribution is 0.102. The summed E-state index contributed by atoms with van der Waals surface area (Å²) in [5.74, 6) is 0.216. The summed E-state index contributed by atoms with van der Waals surface area (Å²) >= 11 is 1.43. The number of rotatable bonds is 4. The molecule has 6 nitrogen and oxygen atoms in total. The fourth-order valence-electron chi connectivity index (χ4n) is 1.97. The average Bonchev–Trinajstić information content (AvgIpc) is 3.11. The van der Waals surface area contributed by atoms with Gasteiger partial charge < -0.3 is 9.47 Å². The quantitative estimate of drug-likeness (QED) is 0.938. The molecule has 2 aromatic rings. The van der Waals surface area contributed by atoms with Crippen LogP contribution in [0.4, 0.5) is 5.13 Å². The van der Waals surface area contributed by atoms with E-state index in [4.69, 9.17) is 9.47 Å². The van der Waals surface area contributed by atoms with Gasteiger partial charge in [-0.15, -0.1) is 11.3 Å². The van der Waals surface area contributed by atoms with Gasteiger partial charge in [0.15, 0.2) is 5.13 Å². The second-order valence-electron chi connectivity index (χ2n) is 4.72. The van der Waals surface area contributed by atoms with E-state index in [1.165, 1.54) is 11.3 Å². The highest BCUT2D eigenvalue weighted by molar-refractivity contribution is 7.15. The number of pyridine rings is 1. The molecule has 1 fully saturated rings. The summed E-state index contributed by atoms with van der Waals surface area (Å²) in [7, 11) is 0. The Labute approximate surface area is 126 Å². The first-order valence-electron chi connectivity index (χ1n) is 6.65. The molecule has 1 atom stereocenters. The van der Waals surface area contributed by atoms with Gasteiger partial charge in [0.25, 0.3) is 5.91 Å². The van der Waals surface area contributed by atoms with Crippen LogP contribution in [-0.4, -0.2) is 35.2 Å². The van der Waals surface area contributed by atoms with Gasteiger partial charge in [-0.25, -0.2) is 9.97 Å². The van der Waals surface area contributed by atoms with Crippen molar-refractivity contribution < 1.29 is 14.3 Å². The van der Waals surface area contributed by atoms with Crippen LogP contribution in [0.5, 0.6) is 5.88 Å². The van der Waals surface area contributed by atoms with Crippen LogP contribution in [0.15, 0.2) is 24.5 Å². The molecule has 3 heterocycles. The van der Waals surface area contributed by atoms with E-state index in [2.05, 4.69) is 15.3 Å². The minimum Gasteiger partial charge on any atom is -0.472 e. The minimum absolute atomic E-state index is 0.0115. The van der Waals surface area contributed by atoms with E-state index in [0.717, 1.165) is 11.3 Å². The monoisotopic (exact) mass is 305 g/mol. The molecule has 3 rings (SSSR count). The number of nitrogens with zero attached hydrogens (tertiary/aromatic N) is 2. The lowest BCUT2D eigenvalue weighted by Crippen LogP contribution is -2.17. The van der Waals surface area contributed by atoms with Crippen molar-refractivity contribution in [2.45, 2.75) is 19.4 Å². The molecule has 1 amide bonds. The Morgan fingerprint density at radius 1 is 1.52 bits per heavy atom. The third-order valence-corrected chi connectivity index (χ3v) is 3.84. The summed E-state index contributed by atoms with van der Waals surface area (Å²) in [6, 6.07) is 3.28. The van der Waals surface area contributed by atoms with Crippen LogP contribution in [0.2, 0.25) is 0 Å². The lowest BCUT2D eigenvalue weighted by atomic mass is 10.2. The van der Waals surface area contributed by atoms with Crippen molar-refractivity contribution in [3.05, 3.63) is 35.0 Å². The fraction of sp³-hybridized carbons (Fsp3) is 0.357. The molecule has 21 heavy (non-hydrogen) atoms. The maximum absolute atomic E-state index is 12.2. The van der Waals surface area contributed by atoms with Crippen molar-refractivity contribution in [1.29, 1.82) is 0 Å². The Morgan fingerprint density at radius 3 is 3.14 bits per heavy atom. The molecule has 1 unspecified atom stereocenters. The highest BCUT2D eigenvalue weighted by atomic mass is 32.1. The largest absolute Gasteiger partial charge is 0.472 e. The normalized spacial score (nSPS) is 17.7. The van der Waals surface area contributed by atoms with Gasteiger partial charge in [0, 0.05) is 35.3 Å². The third-order valence-electron chi connectivity index (χ3n) is 3.01. The third kappa shape index (κ3) is 3.56. The summed E-state index contributed by atoms with van der Waals surface area (Å²) in [4.78, 5) is 21.4. The second-order valence-corrected chi connectivity index (χ2v) is 5.95. The number of aryl methyl sites for hydroxylation is 1. The SMILES string of the molecule is Cc1cnc(NC(=O)c2ccnc(OC3CCOC3)c2)s1. The van der Waals surface area contributed by atoms with E-state index in [-0.39, 0.29) is 12.0 Å². The van der Waals surface area contributed by atoms with Crippen LogP contribution < -0.4 is 10.1 Å². The van der Waals surface area contributed by atoms with Gasteiger partial charge >= 0.3 is 0 Å². The molecule has 0 aromatic carbocycles. The smallest absolute Gasteiger partial charge is 0.257 e. The first kappa shape index (κ1) is 14.0. The van der Waals surface area contributed by atoms with Gasteiger partial charge in [0.1, 0.15) is 6.10 Å². The van der Waals surface area contributed by atoms with Crippen molar-refractivity contribution in [2.75, 3.05) is 18.5 Å². The number of aromatic nitrogens is 2. The molecule has 1 saturated heterocycles. The zero-order valence-corrected chi connectivity index (χ0v) is 12.4. The standard InChI is InChI=1S/C14H15N3O3S/c1-9-7-16-14(21-9)17-13(18)10-2-4-15-12(6-10)20-11-3-5-19-8-11/h2,4,6-7,11H,3,5,8H2,1H3,(H,16,17,18). The molecule has 0 aliphatic carbocycles. The number of thiazole rings is 1. The highest BCUT2D eigenvalue weighted by Gasteiger charge is 2.18. The number of carbonyl (C=O) groups is 1. The molecular formula is C14H15N3O3S. The van der Waals surface area contributed by atoms with Crippen molar-refractivity contribution >= 4 is 22.4 Å². The number of carbonyl (C=O) groups excluding carboxylic acids is 1. The Balaban J connectivity index is 1.68. The van der Waals surface area contributed by atoms with E-state index >= 15 is 0 Å². The maximum atomic E-state index is 12.2. The van der Waals surface area contributed by atoms with Crippen molar-refractivity contribution in [1.82, 2.24) is 9.97 Å². The molecule has 0 radical (unpaired) electrons. The van der Waals surface area contributed by atoms with Crippen molar-refractivity contribution in [3.8, 4) is 5.88 Å². The van der Waals surface area contributed by atoms with E-state index in [0.29, 0.717) is 29.8 Å². The highest BCUT2D eigenvalue weighted by Crippen LogP contribution is 2.19. The molecule has 0 saturated carbocycles. The van der Waals surface area contributed by atoms with Crippen LogP contribution in [0.1, 0.15) is 21.7 Å². The summed E-state index contributed by atoms with van der Waals surface area (Å²) in [6.07, 6.45) is 4.14. The minimum atomic E-state index is -0.223. The van der Waals surface area contributed by atoms with E-state index in [1.54, 1.807) is 24.5 Å². The molecule has 1 aliphatic heterocycles. The molecule has 1 N–H and O–H groups in total. The molecule has 2 aromatic heterocycles. The van der Waals surface area contributed by atoms with Gasteiger partial charge in [-0.3, -0.25) is 10.1 Å². The van der Waals surface area contributed by atoms with Gasteiger partial charge in [0.2, 0.25) is 5.88 Å². The first-order valence-corrected chi connectivity index (χ1v) is 7.46. The number of hydrogen-bond donors (Lipinski definition) is 1. The topological polar surface area (TPSA) is 73.3 Å². The lowest BCUT2D eigenvalue weighted by Gasteiger charge is -2.11. The number of ether oxygens (including phenoxy) is 2. The Hall–Kier alpha value is -1.99. The van der Waals surface area contributed by atoms with Crippen molar-refractivity contribution in [2.24, 2.45) is 0 Å². The molecule has 110 valence electrons. The Morgan fingerprint density at radius 2 is 2.43 bits per heavy atom. The van der Waals surface area contributed by atoms with Crippen LogP contribution in [0.25, 0.3) is 0 Å². The molecular weight excluding hydrogens is 290 g/mol. The zero-order chi connectivity index (χ0) is 14.7. The van der Waals surface area contributed by atoms with E-state index in [1.807, 2.05) is 6.92 Å². The summed E-state index contributed by atoms with van der Waals surface area (Å²) in [5, 5.41) is 3.34. The number of nitrogens with one attached hydrogen (secondary N) is 1. The summed E-state index contributed by atoms with van der Waals surface area (Å²) in [5.41, 5.74) is 0.492. The van der Waals surface area contributed by atoms with Crippen LogP contribution >= 0.6 is 11.3 Å². The predicted molar refractivity (Wildman–Crippen MR) is 78.9 cm³/mol. The number of hydrogen-bond acceptors (Lipinski definition) is 6. The van der Waals surface area contributed by atoms with E-state index in [9.17, 15) is 4.79 Å². The van der Waals surface area contributed by atoms with Gasteiger partial charge in [-0.2, -0.15) is 0 Å². The second kappa shape index (κ2) is 6.19. The average molecular weight is 305 g/mol. The Kier molecular flexibility index (Phi) is 4.12. The predicted octanol–water partition coefficient (Wildman–Crippen LogP) is 2.27. The van der Waals surface area contributed by atoms with Crippen molar-refractivity contribution in [3.63, 3.8) is 0 Å². The molecule has 1 aliphatic rings. The van der Waals surface area contributed by atoms with E-state index < -0.39 is 0 Å². The van der Waals surface area contributed by atoms with Crippen LogP contribution in [-0.2, 0) is 4.74 Å². The summed E-state index contributed by atoms with van der Waals surface area (Å²) in [6.45, 7) is 3.21. The summed E-state index contributed by atoms with van der Waals surface area (Å²) < 4.78 is 10.9. The number of anilines is 1. The Bertz CT molecular complexity index is 638. The molecule has 0 spiro atoms. The maximum Gasteiger partial charge on any atom is 0.257 e. The fourth-order valence-corrected chi connectivity index (χ4v) is 2.63. The van der Waals surface area contributed by atoms with Gasteiger partial charge in [-0.05, 0) is 13.0 Å². The zero-order valence-electron chi connectivity index (χ0n) is 11.5. The number of amides is 1. The molecule has 7 heteroatoms. The first-order chi connectivity index (χ1) is 10.2. The van der Waals surface area contributed by atoms with Crippen LogP contribution in [0.3, 0.4) is 0 Å². The van der Waals surface area contributed by atoms with Gasteiger partial charge in [0.05, 0.1) is 13.2 Å². The van der Waals surface area contributed by atoms with Crippen LogP contribution in [0, 0.1) is 6.92 Å². The van der Waals surface area contributed by atoms with Gasteiger partial charge in [-0.1, -0.05) is 0 Å².